The molecular formula is C11H9BrCl2N2. The predicted molar refractivity (Wildman–Crippen MR) is 73.7 cm³/mol. The first-order valence-electron chi connectivity index (χ1n) is 4.67. The van der Waals surface area contributed by atoms with Crippen molar-refractivity contribution in [2.45, 2.75) is 6.92 Å². The number of aryl methyl sites for hydroxylation is 1. The Kier molecular flexibility index (Phi) is 3.29. The van der Waals surface area contributed by atoms with Crippen LogP contribution >= 0.6 is 39.1 Å². The fraction of sp³-hybridized carbons (Fsp3) is 0.182. The molecule has 1 aromatic carbocycles. The Morgan fingerprint density at radius 1 is 1.25 bits per heavy atom. The van der Waals surface area contributed by atoms with Gasteiger partial charge in [0.15, 0.2) is 0 Å². The van der Waals surface area contributed by atoms with Crippen molar-refractivity contribution in [2.75, 3.05) is 12.4 Å². The molecule has 0 bridgehead atoms. The van der Waals surface area contributed by atoms with Crippen molar-refractivity contribution >= 4 is 55.7 Å². The molecule has 5 heteroatoms. The van der Waals surface area contributed by atoms with E-state index >= 15 is 0 Å². The van der Waals surface area contributed by atoms with Crippen molar-refractivity contribution in [1.82, 2.24) is 4.98 Å². The number of rotatable bonds is 1. The number of hydrogen-bond acceptors (Lipinski definition) is 2. The van der Waals surface area contributed by atoms with Gasteiger partial charge in [0.05, 0.1) is 15.6 Å². The first kappa shape index (κ1) is 12.0. The van der Waals surface area contributed by atoms with E-state index in [2.05, 4.69) is 26.2 Å². The van der Waals surface area contributed by atoms with Crippen LogP contribution in [0.2, 0.25) is 10.0 Å². The van der Waals surface area contributed by atoms with Gasteiger partial charge >= 0.3 is 0 Å². The minimum Gasteiger partial charge on any atom is -0.388 e. The van der Waals surface area contributed by atoms with Crippen LogP contribution in [0.15, 0.2) is 16.6 Å². The van der Waals surface area contributed by atoms with E-state index in [1.807, 2.05) is 26.1 Å². The van der Waals surface area contributed by atoms with Crippen LogP contribution in [-0.4, -0.2) is 12.0 Å². The zero-order chi connectivity index (χ0) is 11.9. The van der Waals surface area contributed by atoms with Gasteiger partial charge in [0, 0.05) is 28.3 Å². The summed E-state index contributed by atoms with van der Waals surface area (Å²) in [5, 5.41) is 5.05. The number of anilines is 1. The van der Waals surface area contributed by atoms with Gasteiger partial charge in [-0.3, -0.25) is 4.98 Å². The summed E-state index contributed by atoms with van der Waals surface area (Å²) in [6.45, 7) is 1.92. The Bertz CT molecular complexity index is 570. The molecule has 1 aromatic heterocycles. The summed E-state index contributed by atoms with van der Waals surface area (Å²) in [6, 6.07) is 3.89. The van der Waals surface area contributed by atoms with Crippen LogP contribution in [-0.2, 0) is 0 Å². The van der Waals surface area contributed by atoms with Crippen LogP contribution in [0, 0.1) is 6.92 Å². The summed E-state index contributed by atoms with van der Waals surface area (Å²) < 4.78 is 0.772. The maximum Gasteiger partial charge on any atom is 0.0928 e. The molecule has 84 valence electrons. The maximum absolute atomic E-state index is 6.18. The Morgan fingerprint density at radius 3 is 2.56 bits per heavy atom. The second-order valence-corrected chi connectivity index (χ2v) is 5.05. The highest BCUT2D eigenvalue weighted by Gasteiger charge is 2.12. The van der Waals surface area contributed by atoms with Gasteiger partial charge in [-0.1, -0.05) is 23.2 Å². The third kappa shape index (κ3) is 1.88. The van der Waals surface area contributed by atoms with Crippen LogP contribution in [0.1, 0.15) is 5.69 Å². The molecule has 0 fully saturated rings. The summed E-state index contributed by atoms with van der Waals surface area (Å²) in [6.07, 6.45) is 0. The van der Waals surface area contributed by atoms with Crippen LogP contribution < -0.4 is 5.32 Å². The van der Waals surface area contributed by atoms with Crippen molar-refractivity contribution in [3.05, 3.63) is 32.3 Å². The van der Waals surface area contributed by atoms with Gasteiger partial charge in [0.1, 0.15) is 0 Å². The molecular weight excluding hydrogens is 311 g/mol. The zero-order valence-electron chi connectivity index (χ0n) is 8.74. The van der Waals surface area contributed by atoms with Gasteiger partial charge in [-0.25, -0.2) is 0 Å². The van der Waals surface area contributed by atoms with Crippen molar-refractivity contribution in [3.8, 4) is 0 Å². The average molecular weight is 320 g/mol. The molecule has 0 unspecified atom stereocenters. The predicted octanol–water partition coefficient (Wildman–Crippen LogP) is 4.65. The molecule has 2 aromatic rings. The van der Waals surface area contributed by atoms with E-state index in [4.69, 9.17) is 23.2 Å². The molecule has 0 saturated carbocycles. The summed E-state index contributed by atoms with van der Waals surface area (Å²) in [7, 11) is 1.87. The number of benzene rings is 1. The number of nitrogens with one attached hydrogen (secondary N) is 1. The molecule has 1 N–H and O–H groups in total. The molecule has 0 aliphatic heterocycles. The lowest BCUT2D eigenvalue weighted by Gasteiger charge is -2.10. The fourth-order valence-corrected chi connectivity index (χ4v) is 2.53. The van der Waals surface area contributed by atoms with E-state index in [1.165, 1.54) is 0 Å². The van der Waals surface area contributed by atoms with Crippen molar-refractivity contribution in [2.24, 2.45) is 0 Å². The first-order valence-corrected chi connectivity index (χ1v) is 6.22. The van der Waals surface area contributed by atoms with E-state index in [0.29, 0.717) is 10.0 Å². The minimum absolute atomic E-state index is 0.478. The molecule has 0 saturated heterocycles. The molecule has 0 aliphatic carbocycles. The molecule has 0 aliphatic rings. The van der Waals surface area contributed by atoms with Crippen molar-refractivity contribution in [3.63, 3.8) is 0 Å². The van der Waals surface area contributed by atoms with E-state index in [0.717, 1.165) is 26.8 Å². The van der Waals surface area contributed by atoms with E-state index in [-0.39, 0.29) is 0 Å². The Morgan fingerprint density at radius 2 is 1.94 bits per heavy atom. The highest BCUT2D eigenvalue weighted by atomic mass is 79.9. The smallest absolute Gasteiger partial charge is 0.0928 e. The van der Waals surface area contributed by atoms with Gasteiger partial charge in [-0.2, -0.15) is 0 Å². The highest BCUT2D eigenvalue weighted by molar-refractivity contribution is 9.10. The van der Waals surface area contributed by atoms with Crippen molar-refractivity contribution < 1.29 is 0 Å². The SMILES string of the molecule is CNc1cc(C)nc2c(Cl)c(Cl)c(Br)cc12. The Labute approximate surface area is 112 Å². The monoisotopic (exact) mass is 318 g/mol. The van der Waals surface area contributed by atoms with Crippen molar-refractivity contribution in [1.29, 1.82) is 0 Å². The second-order valence-electron chi connectivity index (χ2n) is 3.44. The number of halogens is 3. The maximum atomic E-state index is 6.18. The van der Waals surface area contributed by atoms with Gasteiger partial charge in [0.2, 0.25) is 0 Å². The Balaban J connectivity index is 2.94. The second kappa shape index (κ2) is 4.40. The number of aromatic nitrogens is 1. The standard InChI is InChI=1S/C11H9BrCl2N2/c1-5-3-8(15-2)6-4-7(12)9(13)10(14)11(6)16-5/h3-4H,1-2H3,(H,15,16). The van der Waals surface area contributed by atoms with Crippen LogP contribution in [0.5, 0.6) is 0 Å². The number of pyridine rings is 1. The molecule has 0 spiro atoms. The first-order chi connectivity index (χ1) is 7.54. The lowest BCUT2D eigenvalue weighted by atomic mass is 10.1. The quantitative estimate of drug-likeness (QED) is 0.774. The topological polar surface area (TPSA) is 24.9 Å². The number of hydrogen-bond donors (Lipinski definition) is 1. The largest absolute Gasteiger partial charge is 0.388 e. The lowest BCUT2D eigenvalue weighted by Crippen LogP contribution is -1.94. The van der Waals surface area contributed by atoms with Gasteiger partial charge < -0.3 is 5.32 Å². The average Bonchev–Trinajstić information content (AvgIpc) is 2.26. The normalized spacial score (nSPS) is 10.8. The van der Waals surface area contributed by atoms with E-state index < -0.39 is 0 Å². The minimum atomic E-state index is 0.478. The number of nitrogens with zero attached hydrogens (tertiary/aromatic N) is 1. The van der Waals surface area contributed by atoms with Gasteiger partial charge in [0.25, 0.3) is 0 Å². The fourth-order valence-electron chi connectivity index (χ4n) is 1.60. The summed E-state index contributed by atoms with van der Waals surface area (Å²) in [4.78, 5) is 4.41. The molecule has 2 nitrogen and oxygen atoms in total. The highest BCUT2D eigenvalue weighted by Crippen LogP contribution is 2.38. The molecule has 0 radical (unpaired) electrons. The lowest BCUT2D eigenvalue weighted by molar-refractivity contribution is 1.25. The third-order valence-corrected chi connectivity index (χ3v) is 4.05. The summed E-state index contributed by atoms with van der Waals surface area (Å²) >= 11 is 15.6. The molecule has 1 heterocycles. The van der Waals surface area contributed by atoms with Gasteiger partial charge in [-0.15, -0.1) is 0 Å². The summed E-state index contributed by atoms with van der Waals surface area (Å²) in [5.41, 5.74) is 2.61. The van der Waals surface area contributed by atoms with E-state index in [9.17, 15) is 0 Å². The molecule has 0 amide bonds. The molecule has 16 heavy (non-hydrogen) atoms. The number of fused-ring (bicyclic) bond motifs is 1. The Hall–Kier alpha value is -0.510. The van der Waals surface area contributed by atoms with Crippen LogP contribution in [0.3, 0.4) is 0 Å². The van der Waals surface area contributed by atoms with E-state index in [1.54, 1.807) is 0 Å². The summed E-state index contributed by atoms with van der Waals surface area (Å²) in [5.74, 6) is 0. The zero-order valence-corrected chi connectivity index (χ0v) is 11.8. The van der Waals surface area contributed by atoms with Gasteiger partial charge in [-0.05, 0) is 35.0 Å². The third-order valence-electron chi connectivity index (χ3n) is 2.34. The molecule has 0 atom stereocenters. The van der Waals surface area contributed by atoms with Crippen LogP contribution in [0.4, 0.5) is 5.69 Å². The van der Waals surface area contributed by atoms with Crippen LogP contribution in [0.25, 0.3) is 10.9 Å². The molecule has 2 rings (SSSR count).